The minimum absolute atomic E-state index is 0.164. The van der Waals surface area contributed by atoms with Gasteiger partial charge in [-0.25, -0.2) is 0 Å². The van der Waals surface area contributed by atoms with Crippen LogP contribution in [0, 0.1) is 11.8 Å². The lowest BCUT2D eigenvalue weighted by atomic mass is 9.88. The number of aliphatic hydroxyl groups excluding tert-OH is 1. The Morgan fingerprint density at radius 3 is 2.12 bits per heavy atom. The summed E-state index contributed by atoms with van der Waals surface area (Å²) in [5, 5.41) is 18.7. The quantitative estimate of drug-likeness (QED) is 0.579. The van der Waals surface area contributed by atoms with Crippen LogP contribution in [0.15, 0.2) is 0 Å². The number of aliphatic carboxylic acids is 1. The fraction of sp³-hybridized carbons (Fsp3) is 0.929. The first-order valence-corrected chi connectivity index (χ1v) is 6.91. The van der Waals surface area contributed by atoms with E-state index in [-0.39, 0.29) is 5.92 Å². The minimum atomic E-state index is -0.820. The van der Waals surface area contributed by atoms with Gasteiger partial charge in [-0.15, -0.1) is 0 Å². The molecule has 3 heteroatoms. The van der Waals surface area contributed by atoms with Crippen LogP contribution in [-0.4, -0.2) is 22.3 Å². The highest BCUT2D eigenvalue weighted by Crippen LogP contribution is 2.20. The second-order valence-corrected chi connectivity index (χ2v) is 5.11. The first-order chi connectivity index (χ1) is 8.00. The summed E-state index contributed by atoms with van der Waals surface area (Å²) in [7, 11) is 0. The average Bonchev–Trinajstić information content (AvgIpc) is 2.31. The maximum atomic E-state index is 10.8. The molecule has 0 aromatic heterocycles. The lowest BCUT2D eigenvalue weighted by Crippen LogP contribution is -2.28. The maximum Gasteiger partial charge on any atom is 0.306 e. The van der Waals surface area contributed by atoms with Gasteiger partial charge in [0.25, 0.3) is 0 Å². The number of hydrogen-bond acceptors (Lipinski definition) is 2. The monoisotopic (exact) mass is 244 g/mol. The molecule has 0 aliphatic heterocycles. The van der Waals surface area contributed by atoms with Crippen LogP contribution >= 0.6 is 0 Å². The highest BCUT2D eigenvalue weighted by Gasteiger charge is 2.25. The normalized spacial score (nSPS) is 16.5. The van der Waals surface area contributed by atoms with Crippen molar-refractivity contribution in [2.45, 2.75) is 71.8 Å². The Hall–Kier alpha value is -0.570. The molecule has 0 aromatic carbocycles. The lowest BCUT2D eigenvalue weighted by Gasteiger charge is -2.22. The Morgan fingerprint density at radius 1 is 1.06 bits per heavy atom. The predicted molar refractivity (Wildman–Crippen MR) is 70.0 cm³/mol. The summed E-state index contributed by atoms with van der Waals surface area (Å²) in [4.78, 5) is 10.8. The van der Waals surface area contributed by atoms with Gasteiger partial charge in [0.2, 0.25) is 0 Å². The molecule has 3 atom stereocenters. The lowest BCUT2D eigenvalue weighted by molar-refractivity contribution is -0.144. The Balaban J connectivity index is 3.64. The number of carboxylic acid groups (broad SMARTS) is 1. The smallest absolute Gasteiger partial charge is 0.306 e. The number of unbranched alkanes of at least 4 members (excludes halogenated alkanes) is 5. The van der Waals surface area contributed by atoms with Crippen molar-refractivity contribution in [1.82, 2.24) is 0 Å². The first-order valence-electron chi connectivity index (χ1n) is 6.91. The second-order valence-electron chi connectivity index (χ2n) is 5.11. The molecule has 0 rings (SSSR count). The number of carbonyl (C=O) groups is 1. The standard InChI is InChI=1S/C14H28O3/c1-4-5-6-7-8-9-10-13(15)11(2)12(3)14(16)17/h11-13,15H,4-10H2,1-3H3,(H,16,17). The van der Waals surface area contributed by atoms with Crippen LogP contribution in [0.1, 0.15) is 65.7 Å². The summed E-state index contributed by atoms with van der Waals surface area (Å²) in [6, 6.07) is 0. The average molecular weight is 244 g/mol. The van der Waals surface area contributed by atoms with E-state index in [1.165, 1.54) is 25.7 Å². The van der Waals surface area contributed by atoms with Crippen molar-refractivity contribution >= 4 is 5.97 Å². The molecule has 2 N–H and O–H groups in total. The fourth-order valence-electron chi connectivity index (χ4n) is 1.95. The van der Waals surface area contributed by atoms with Gasteiger partial charge in [-0.2, -0.15) is 0 Å². The van der Waals surface area contributed by atoms with Crippen molar-refractivity contribution in [3.63, 3.8) is 0 Å². The molecular weight excluding hydrogens is 216 g/mol. The molecule has 0 aromatic rings. The van der Waals surface area contributed by atoms with Gasteiger partial charge in [0.1, 0.15) is 0 Å². The molecule has 0 saturated carbocycles. The molecule has 17 heavy (non-hydrogen) atoms. The first kappa shape index (κ1) is 16.4. The largest absolute Gasteiger partial charge is 0.481 e. The summed E-state index contributed by atoms with van der Waals surface area (Å²) < 4.78 is 0. The molecule has 0 saturated heterocycles. The molecule has 3 unspecified atom stereocenters. The summed E-state index contributed by atoms with van der Waals surface area (Å²) in [6.07, 6.45) is 7.42. The number of rotatable bonds is 10. The van der Waals surface area contributed by atoms with E-state index in [9.17, 15) is 9.90 Å². The third-order valence-electron chi connectivity index (χ3n) is 3.64. The van der Waals surface area contributed by atoms with Gasteiger partial charge in [0, 0.05) is 0 Å². The highest BCUT2D eigenvalue weighted by molar-refractivity contribution is 5.69. The van der Waals surface area contributed by atoms with Crippen LogP contribution in [0.25, 0.3) is 0 Å². The summed E-state index contributed by atoms with van der Waals surface area (Å²) >= 11 is 0. The Kier molecular flexibility index (Phi) is 9.14. The van der Waals surface area contributed by atoms with E-state index in [1.807, 2.05) is 6.92 Å². The van der Waals surface area contributed by atoms with Crippen LogP contribution in [0.3, 0.4) is 0 Å². The Bertz CT molecular complexity index is 204. The zero-order valence-corrected chi connectivity index (χ0v) is 11.5. The van der Waals surface area contributed by atoms with E-state index < -0.39 is 18.0 Å². The Labute approximate surface area is 105 Å². The van der Waals surface area contributed by atoms with E-state index in [0.29, 0.717) is 0 Å². The van der Waals surface area contributed by atoms with E-state index in [2.05, 4.69) is 6.92 Å². The zero-order chi connectivity index (χ0) is 13.3. The Morgan fingerprint density at radius 2 is 1.59 bits per heavy atom. The number of hydrogen-bond donors (Lipinski definition) is 2. The van der Waals surface area contributed by atoms with E-state index >= 15 is 0 Å². The van der Waals surface area contributed by atoms with Gasteiger partial charge in [-0.05, 0) is 12.3 Å². The topological polar surface area (TPSA) is 57.5 Å². The molecule has 3 nitrogen and oxygen atoms in total. The molecule has 0 amide bonds. The van der Waals surface area contributed by atoms with Crippen LogP contribution in [0.2, 0.25) is 0 Å². The number of aliphatic hydroxyl groups is 1. The van der Waals surface area contributed by atoms with Crippen LogP contribution in [-0.2, 0) is 4.79 Å². The zero-order valence-electron chi connectivity index (χ0n) is 11.5. The van der Waals surface area contributed by atoms with Crippen LogP contribution in [0.4, 0.5) is 0 Å². The van der Waals surface area contributed by atoms with Crippen molar-refractivity contribution in [2.75, 3.05) is 0 Å². The van der Waals surface area contributed by atoms with Gasteiger partial charge < -0.3 is 10.2 Å². The van der Waals surface area contributed by atoms with Crippen molar-refractivity contribution in [3.8, 4) is 0 Å². The molecule has 0 aliphatic carbocycles. The summed E-state index contributed by atoms with van der Waals surface area (Å²) in [6.45, 7) is 5.68. The van der Waals surface area contributed by atoms with Crippen molar-refractivity contribution in [2.24, 2.45) is 11.8 Å². The summed E-state index contributed by atoms with van der Waals surface area (Å²) in [5.41, 5.74) is 0. The maximum absolute atomic E-state index is 10.8. The number of carboxylic acids is 1. The molecule has 102 valence electrons. The van der Waals surface area contributed by atoms with Gasteiger partial charge >= 0.3 is 5.97 Å². The highest BCUT2D eigenvalue weighted by atomic mass is 16.4. The SMILES string of the molecule is CCCCCCCCC(O)C(C)C(C)C(=O)O. The van der Waals surface area contributed by atoms with Gasteiger partial charge in [0.15, 0.2) is 0 Å². The molecule has 0 radical (unpaired) electrons. The molecule has 0 fully saturated rings. The molecule has 0 spiro atoms. The van der Waals surface area contributed by atoms with E-state index in [1.54, 1.807) is 6.92 Å². The second kappa shape index (κ2) is 9.46. The van der Waals surface area contributed by atoms with Crippen molar-refractivity contribution in [3.05, 3.63) is 0 Å². The fourth-order valence-corrected chi connectivity index (χ4v) is 1.95. The van der Waals surface area contributed by atoms with E-state index in [4.69, 9.17) is 5.11 Å². The third-order valence-corrected chi connectivity index (χ3v) is 3.64. The molecule has 0 bridgehead atoms. The molecule has 0 aliphatic rings. The van der Waals surface area contributed by atoms with Gasteiger partial charge in [-0.3, -0.25) is 4.79 Å². The van der Waals surface area contributed by atoms with Gasteiger partial charge in [0.05, 0.1) is 12.0 Å². The van der Waals surface area contributed by atoms with Crippen LogP contribution in [0.5, 0.6) is 0 Å². The van der Waals surface area contributed by atoms with Crippen molar-refractivity contribution < 1.29 is 15.0 Å². The minimum Gasteiger partial charge on any atom is -0.481 e. The van der Waals surface area contributed by atoms with Crippen molar-refractivity contribution in [1.29, 1.82) is 0 Å². The van der Waals surface area contributed by atoms with Gasteiger partial charge in [-0.1, -0.05) is 59.3 Å². The summed E-state index contributed by atoms with van der Waals surface area (Å²) in [5.74, 6) is -1.45. The van der Waals surface area contributed by atoms with E-state index in [0.717, 1.165) is 19.3 Å². The third kappa shape index (κ3) is 7.37. The molecular formula is C14H28O3. The predicted octanol–water partition coefficient (Wildman–Crippen LogP) is 3.45. The van der Waals surface area contributed by atoms with Crippen LogP contribution < -0.4 is 0 Å². The molecule has 0 heterocycles.